The van der Waals surface area contributed by atoms with Crippen molar-refractivity contribution in [2.45, 2.75) is 13.0 Å². The van der Waals surface area contributed by atoms with Crippen LogP contribution in [0.25, 0.3) is 22.1 Å². The lowest BCUT2D eigenvalue weighted by atomic mass is 10.1. The monoisotopic (exact) mass is 282 g/mol. The number of carboxylic acid groups (broad SMARTS) is 1. The van der Waals surface area contributed by atoms with E-state index in [0.29, 0.717) is 16.6 Å². The Bertz CT molecular complexity index is 845. The number of carboxylic acids is 1. The average molecular weight is 282 g/mol. The molecule has 0 saturated heterocycles. The van der Waals surface area contributed by atoms with Gasteiger partial charge in [-0.2, -0.15) is 0 Å². The van der Waals surface area contributed by atoms with Gasteiger partial charge in [0.25, 0.3) is 0 Å². The first kappa shape index (κ1) is 13.5. The van der Waals surface area contributed by atoms with Crippen LogP contribution in [0.2, 0.25) is 0 Å². The van der Waals surface area contributed by atoms with E-state index in [4.69, 9.17) is 4.74 Å². The highest BCUT2D eigenvalue weighted by molar-refractivity contribution is 6.02. The van der Waals surface area contributed by atoms with E-state index in [0.717, 1.165) is 11.1 Å². The van der Waals surface area contributed by atoms with E-state index in [1.54, 1.807) is 19.2 Å². The normalized spacial score (nSPS) is 12.7. The molecule has 5 heteroatoms. The lowest BCUT2D eigenvalue weighted by Crippen LogP contribution is -2.02. The first-order chi connectivity index (χ1) is 10.1. The van der Waals surface area contributed by atoms with E-state index in [1.165, 1.54) is 6.07 Å². The zero-order valence-corrected chi connectivity index (χ0v) is 11.7. The van der Waals surface area contributed by atoms with E-state index in [2.05, 4.69) is 9.97 Å². The summed E-state index contributed by atoms with van der Waals surface area (Å²) in [5.41, 5.74) is 3.47. The molecule has 0 aliphatic heterocycles. The van der Waals surface area contributed by atoms with Gasteiger partial charge in [-0.3, -0.25) is 0 Å². The highest BCUT2D eigenvalue weighted by atomic mass is 16.5. The number of fused-ring (bicyclic) bond motifs is 2. The molecule has 106 valence electrons. The van der Waals surface area contributed by atoms with Gasteiger partial charge in [0.1, 0.15) is 5.52 Å². The summed E-state index contributed by atoms with van der Waals surface area (Å²) in [6.07, 6.45) is -0.108. The zero-order chi connectivity index (χ0) is 15.0. The van der Waals surface area contributed by atoms with Crippen LogP contribution in [0.5, 0.6) is 0 Å². The van der Waals surface area contributed by atoms with Gasteiger partial charge in [0.15, 0.2) is 0 Å². The van der Waals surface area contributed by atoms with Gasteiger partial charge in [0, 0.05) is 12.7 Å². The molecule has 0 radical (unpaired) electrons. The molecule has 5 nitrogen and oxygen atoms in total. The molecule has 3 aromatic rings. The number of para-hydroxylation sites is 2. The Labute approximate surface area is 121 Å². The Morgan fingerprint density at radius 3 is 2.38 bits per heavy atom. The summed E-state index contributed by atoms with van der Waals surface area (Å²) >= 11 is 0. The van der Waals surface area contributed by atoms with E-state index >= 15 is 0 Å². The smallest absolute Gasteiger partial charge is 0.337 e. The van der Waals surface area contributed by atoms with Crippen molar-refractivity contribution in [3.63, 3.8) is 0 Å². The highest BCUT2D eigenvalue weighted by Gasteiger charge is 2.15. The van der Waals surface area contributed by atoms with Gasteiger partial charge in [-0.1, -0.05) is 18.2 Å². The second kappa shape index (κ2) is 5.10. The average Bonchev–Trinajstić information content (AvgIpc) is 2.50. The van der Waals surface area contributed by atoms with Crippen LogP contribution in [-0.4, -0.2) is 28.2 Å². The number of hydrogen-bond acceptors (Lipinski definition) is 4. The number of carbonyl (C=O) groups is 1. The van der Waals surface area contributed by atoms with E-state index in [-0.39, 0.29) is 11.7 Å². The fourth-order valence-electron chi connectivity index (χ4n) is 2.37. The van der Waals surface area contributed by atoms with Crippen molar-refractivity contribution in [2.24, 2.45) is 0 Å². The number of hydrogen-bond donors (Lipinski definition) is 1. The fraction of sp³-hybridized carbons (Fsp3) is 0.188. The molecule has 0 amide bonds. The molecule has 0 bridgehead atoms. The van der Waals surface area contributed by atoms with Crippen LogP contribution in [0.3, 0.4) is 0 Å². The summed E-state index contributed by atoms with van der Waals surface area (Å²) in [7, 11) is 1.64. The van der Waals surface area contributed by atoms with Crippen LogP contribution in [0, 0.1) is 0 Å². The molecule has 0 spiro atoms. The van der Waals surface area contributed by atoms with Crippen LogP contribution in [0.15, 0.2) is 36.4 Å². The Kier molecular flexibility index (Phi) is 3.27. The first-order valence-electron chi connectivity index (χ1n) is 6.57. The number of aromatic nitrogens is 2. The lowest BCUT2D eigenvalue weighted by Gasteiger charge is -2.12. The van der Waals surface area contributed by atoms with Gasteiger partial charge in [-0.05, 0) is 25.1 Å². The second-order valence-electron chi connectivity index (χ2n) is 4.79. The molecule has 1 unspecified atom stereocenters. The molecule has 0 fully saturated rings. The van der Waals surface area contributed by atoms with Gasteiger partial charge in [0.2, 0.25) is 0 Å². The van der Waals surface area contributed by atoms with E-state index in [1.807, 2.05) is 25.1 Å². The maximum atomic E-state index is 11.3. The van der Waals surface area contributed by atoms with Crippen LogP contribution in [0.4, 0.5) is 0 Å². The maximum absolute atomic E-state index is 11.3. The number of aromatic carboxylic acids is 1. The van der Waals surface area contributed by atoms with Gasteiger partial charge in [0.05, 0.1) is 28.2 Å². The Morgan fingerprint density at radius 2 is 1.71 bits per heavy atom. The molecule has 1 aromatic heterocycles. The minimum absolute atomic E-state index is 0.108. The maximum Gasteiger partial charge on any atom is 0.337 e. The van der Waals surface area contributed by atoms with Crippen molar-refractivity contribution in [1.82, 2.24) is 9.97 Å². The number of rotatable bonds is 3. The van der Waals surface area contributed by atoms with Crippen molar-refractivity contribution in [2.75, 3.05) is 7.11 Å². The topological polar surface area (TPSA) is 72.3 Å². The van der Waals surface area contributed by atoms with Crippen molar-refractivity contribution in [1.29, 1.82) is 0 Å². The summed E-state index contributed by atoms with van der Waals surface area (Å²) in [5, 5.41) is 9.25. The molecular weight excluding hydrogens is 268 g/mol. The standard InChI is InChI=1S/C16H14N2O3/c1-9(21-2)10-5-3-7-12-14(10)17-13-8-4-6-11(16(19)20)15(13)18-12/h3-9H,1-2H3,(H,19,20). The fourth-order valence-corrected chi connectivity index (χ4v) is 2.37. The minimum atomic E-state index is -1.00. The van der Waals surface area contributed by atoms with Gasteiger partial charge in [-0.15, -0.1) is 0 Å². The van der Waals surface area contributed by atoms with Crippen molar-refractivity contribution in [3.05, 3.63) is 47.5 Å². The van der Waals surface area contributed by atoms with Gasteiger partial charge >= 0.3 is 5.97 Å². The minimum Gasteiger partial charge on any atom is -0.478 e. The molecule has 0 saturated carbocycles. The zero-order valence-electron chi connectivity index (χ0n) is 11.7. The van der Waals surface area contributed by atoms with Gasteiger partial charge < -0.3 is 9.84 Å². The first-order valence-corrected chi connectivity index (χ1v) is 6.57. The molecule has 21 heavy (non-hydrogen) atoms. The summed E-state index contributed by atoms with van der Waals surface area (Å²) < 4.78 is 5.36. The molecule has 1 N–H and O–H groups in total. The third kappa shape index (κ3) is 2.21. The third-order valence-corrected chi connectivity index (χ3v) is 3.55. The van der Waals surface area contributed by atoms with Crippen molar-refractivity contribution >= 4 is 28.0 Å². The Balaban J connectivity index is 2.37. The quantitative estimate of drug-likeness (QED) is 0.747. The summed E-state index contributed by atoms with van der Waals surface area (Å²) in [6.45, 7) is 1.94. The lowest BCUT2D eigenvalue weighted by molar-refractivity contribution is 0.0699. The van der Waals surface area contributed by atoms with Crippen LogP contribution >= 0.6 is 0 Å². The number of methoxy groups -OCH3 is 1. The predicted molar refractivity (Wildman–Crippen MR) is 79.4 cm³/mol. The Hall–Kier alpha value is -2.53. The molecule has 1 heterocycles. The Morgan fingerprint density at radius 1 is 1.10 bits per heavy atom. The van der Waals surface area contributed by atoms with E-state index in [9.17, 15) is 9.90 Å². The number of nitrogens with zero attached hydrogens (tertiary/aromatic N) is 2. The summed E-state index contributed by atoms with van der Waals surface area (Å²) in [5.74, 6) is -1.00. The molecular formula is C16H14N2O3. The molecule has 2 aromatic carbocycles. The molecule has 3 rings (SSSR count). The van der Waals surface area contributed by atoms with E-state index < -0.39 is 5.97 Å². The number of ether oxygens (including phenoxy) is 1. The third-order valence-electron chi connectivity index (χ3n) is 3.55. The molecule has 1 atom stereocenters. The predicted octanol–water partition coefficient (Wildman–Crippen LogP) is 3.19. The van der Waals surface area contributed by atoms with Crippen molar-refractivity contribution < 1.29 is 14.6 Å². The summed E-state index contributed by atoms with van der Waals surface area (Å²) in [6, 6.07) is 10.6. The largest absolute Gasteiger partial charge is 0.478 e. The van der Waals surface area contributed by atoms with Crippen LogP contribution in [0.1, 0.15) is 28.9 Å². The molecule has 0 aliphatic carbocycles. The van der Waals surface area contributed by atoms with Crippen LogP contribution in [-0.2, 0) is 4.74 Å². The van der Waals surface area contributed by atoms with Crippen molar-refractivity contribution in [3.8, 4) is 0 Å². The summed E-state index contributed by atoms with van der Waals surface area (Å²) in [4.78, 5) is 20.3. The highest BCUT2D eigenvalue weighted by Crippen LogP contribution is 2.26. The molecule has 0 aliphatic rings. The van der Waals surface area contributed by atoms with Crippen LogP contribution < -0.4 is 0 Å². The second-order valence-corrected chi connectivity index (χ2v) is 4.79. The SMILES string of the molecule is COC(C)c1cccc2nc3c(C(=O)O)cccc3nc12. The van der Waals surface area contributed by atoms with Gasteiger partial charge in [-0.25, -0.2) is 14.8 Å². The number of benzene rings is 2.